The van der Waals surface area contributed by atoms with E-state index in [2.05, 4.69) is 24.8 Å². The van der Waals surface area contributed by atoms with Crippen LogP contribution in [0.5, 0.6) is 5.88 Å². The van der Waals surface area contributed by atoms with Crippen molar-refractivity contribution in [3.05, 3.63) is 35.5 Å². The Morgan fingerprint density at radius 2 is 2.08 bits per heavy atom. The van der Waals surface area contributed by atoms with Crippen LogP contribution in [-0.4, -0.2) is 54.1 Å². The summed E-state index contributed by atoms with van der Waals surface area (Å²) in [7, 11) is 1.60. The van der Waals surface area contributed by atoms with Gasteiger partial charge < -0.3 is 20.3 Å². The maximum atomic E-state index is 6.12. The zero-order valence-electron chi connectivity index (χ0n) is 13.5. The fourth-order valence-electron chi connectivity index (χ4n) is 2.40. The van der Waals surface area contributed by atoms with Crippen LogP contribution in [0.25, 0.3) is 0 Å². The first kappa shape index (κ1) is 18.7. The Labute approximate surface area is 162 Å². The van der Waals surface area contributed by atoms with Gasteiger partial charge in [-0.1, -0.05) is 6.07 Å². The van der Waals surface area contributed by atoms with Crippen LogP contribution in [0.15, 0.2) is 34.9 Å². The highest BCUT2D eigenvalue weighted by molar-refractivity contribution is 14.0. The van der Waals surface area contributed by atoms with Crippen molar-refractivity contribution in [2.24, 2.45) is 10.7 Å². The molecule has 0 atom stereocenters. The second-order valence-corrected chi connectivity index (χ2v) is 6.05. The third-order valence-corrected chi connectivity index (χ3v) is 4.56. The van der Waals surface area contributed by atoms with E-state index in [4.69, 9.17) is 10.5 Å². The summed E-state index contributed by atoms with van der Waals surface area (Å²) in [5.41, 5.74) is 7.13. The predicted octanol–water partition coefficient (Wildman–Crippen LogP) is 1.80. The van der Waals surface area contributed by atoms with Gasteiger partial charge in [-0.3, -0.25) is 0 Å². The highest BCUT2D eigenvalue weighted by Crippen LogP contribution is 2.18. The van der Waals surface area contributed by atoms with Gasteiger partial charge in [-0.25, -0.2) is 15.0 Å². The first-order valence-electron chi connectivity index (χ1n) is 7.44. The lowest BCUT2D eigenvalue weighted by Gasteiger charge is -2.35. The molecule has 2 aromatic heterocycles. The molecule has 0 aliphatic carbocycles. The number of anilines is 1. The molecule has 0 aromatic carbocycles. The number of pyridine rings is 1. The van der Waals surface area contributed by atoms with Crippen LogP contribution in [0, 0.1) is 0 Å². The lowest BCUT2D eigenvalue weighted by molar-refractivity contribution is 0.380. The van der Waals surface area contributed by atoms with E-state index in [0.29, 0.717) is 18.4 Å². The minimum Gasteiger partial charge on any atom is -0.481 e. The molecule has 24 heavy (non-hydrogen) atoms. The van der Waals surface area contributed by atoms with Gasteiger partial charge in [-0.2, -0.15) is 0 Å². The smallest absolute Gasteiger partial charge is 0.212 e. The van der Waals surface area contributed by atoms with E-state index in [-0.39, 0.29) is 24.0 Å². The zero-order valence-corrected chi connectivity index (χ0v) is 16.6. The first-order chi connectivity index (χ1) is 11.3. The average molecular weight is 460 g/mol. The van der Waals surface area contributed by atoms with Crippen molar-refractivity contribution in [3.8, 4) is 5.88 Å². The van der Waals surface area contributed by atoms with Crippen LogP contribution in [-0.2, 0) is 6.54 Å². The number of piperazine rings is 1. The minimum absolute atomic E-state index is 0. The summed E-state index contributed by atoms with van der Waals surface area (Å²) in [5, 5.41) is 3.07. The fourth-order valence-corrected chi connectivity index (χ4v) is 3.09. The molecular formula is C15H21IN6OS. The number of hydrogen-bond acceptors (Lipinski definition) is 6. The standard InChI is InChI=1S/C15H20N6OS.HI/c1-22-13-3-2-12(10-18-13)11-19-14(16)20-5-7-21(8-6-20)15-17-4-9-23-15;/h2-4,9-10H,5-8,11H2,1H3,(H2,16,19);1H. The normalized spacial score (nSPS) is 15.1. The van der Waals surface area contributed by atoms with Crippen molar-refractivity contribution >= 4 is 46.4 Å². The molecule has 1 aliphatic heterocycles. The van der Waals surface area contributed by atoms with E-state index in [1.54, 1.807) is 24.6 Å². The number of guanidine groups is 1. The summed E-state index contributed by atoms with van der Waals surface area (Å²) in [4.78, 5) is 17.4. The quantitative estimate of drug-likeness (QED) is 0.426. The largest absolute Gasteiger partial charge is 0.481 e. The summed E-state index contributed by atoms with van der Waals surface area (Å²) in [5.74, 6) is 1.18. The number of hydrogen-bond donors (Lipinski definition) is 1. The molecule has 3 rings (SSSR count). The Balaban J connectivity index is 0.00000208. The Morgan fingerprint density at radius 3 is 2.67 bits per heavy atom. The molecule has 2 aromatic rings. The van der Waals surface area contributed by atoms with Gasteiger partial charge in [-0.15, -0.1) is 35.3 Å². The van der Waals surface area contributed by atoms with Gasteiger partial charge in [0.1, 0.15) is 0 Å². The van der Waals surface area contributed by atoms with Crippen molar-refractivity contribution in [2.45, 2.75) is 6.54 Å². The molecule has 7 nitrogen and oxygen atoms in total. The van der Waals surface area contributed by atoms with Gasteiger partial charge in [-0.05, 0) is 5.56 Å². The number of aliphatic imine (C=N–C) groups is 1. The third-order valence-electron chi connectivity index (χ3n) is 3.72. The van der Waals surface area contributed by atoms with Crippen molar-refractivity contribution < 1.29 is 4.74 Å². The van der Waals surface area contributed by atoms with E-state index in [0.717, 1.165) is 36.9 Å². The van der Waals surface area contributed by atoms with E-state index in [9.17, 15) is 0 Å². The molecule has 0 bridgehead atoms. The number of halogens is 1. The molecule has 1 aliphatic rings. The lowest BCUT2D eigenvalue weighted by Crippen LogP contribution is -2.51. The van der Waals surface area contributed by atoms with Gasteiger partial charge in [0, 0.05) is 50.0 Å². The van der Waals surface area contributed by atoms with Crippen LogP contribution >= 0.6 is 35.3 Å². The van der Waals surface area contributed by atoms with Crippen molar-refractivity contribution in [1.82, 2.24) is 14.9 Å². The Kier molecular flexibility index (Phi) is 7.03. The Bertz CT molecular complexity index is 640. The summed E-state index contributed by atoms with van der Waals surface area (Å²) >= 11 is 1.67. The van der Waals surface area contributed by atoms with E-state index in [1.807, 2.05) is 23.7 Å². The molecule has 2 N–H and O–H groups in total. The number of thiazole rings is 1. The number of methoxy groups -OCH3 is 1. The monoisotopic (exact) mass is 460 g/mol. The summed E-state index contributed by atoms with van der Waals surface area (Å²) in [6.45, 7) is 4.06. The molecule has 0 radical (unpaired) electrons. The number of rotatable bonds is 4. The van der Waals surface area contributed by atoms with E-state index < -0.39 is 0 Å². The lowest BCUT2D eigenvalue weighted by atomic mass is 10.3. The Hall–Kier alpha value is -1.62. The molecule has 0 amide bonds. The number of nitrogens with two attached hydrogens (primary N) is 1. The fraction of sp³-hybridized carbons (Fsp3) is 0.400. The molecule has 130 valence electrons. The minimum atomic E-state index is 0. The summed E-state index contributed by atoms with van der Waals surface area (Å²) in [6, 6.07) is 3.77. The van der Waals surface area contributed by atoms with Crippen LogP contribution in [0.1, 0.15) is 5.56 Å². The van der Waals surface area contributed by atoms with Gasteiger partial charge in [0.2, 0.25) is 5.88 Å². The topological polar surface area (TPSA) is 79.9 Å². The van der Waals surface area contributed by atoms with Gasteiger partial charge in [0.15, 0.2) is 11.1 Å². The number of ether oxygens (including phenoxy) is 1. The average Bonchev–Trinajstić information content (AvgIpc) is 3.15. The number of nitrogens with zero attached hydrogens (tertiary/aromatic N) is 5. The molecule has 1 fully saturated rings. The summed E-state index contributed by atoms with van der Waals surface area (Å²) < 4.78 is 5.04. The highest BCUT2D eigenvalue weighted by Gasteiger charge is 2.19. The predicted molar refractivity (Wildman–Crippen MR) is 107 cm³/mol. The maximum Gasteiger partial charge on any atom is 0.212 e. The van der Waals surface area contributed by atoms with Crippen molar-refractivity contribution in [2.75, 3.05) is 38.2 Å². The first-order valence-corrected chi connectivity index (χ1v) is 8.32. The molecule has 0 unspecified atom stereocenters. The number of aromatic nitrogens is 2. The van der Waals surface area contributed by atoms with Crippen LogP contribution in [0.2, 0.25) is 0 Å². The second-order valence-electron chi connectivity index (χ2n) is 5.17. The molecule has 3 heterocycles. The van der Waals surface area contributed by atoms with Gasteiger partial charge in [0.25, 0.3) is 0 Å². The van der Waals surface area contributed by atoms with Crippen LogP contribution < -0.4 is 15.4 Å². The van der Waals surface area contributed by atoms with Gasteiger partial charge >= 0.3 is 0 Å². The molecule has 0 saturated carbocycles. The van der Waals surface area contributed by atoms with Crippen molar-refractivity contribution in [1.29, 1.82) is 0 Å². The molecular weight excluding hydrogens is 439 g/mol. The second kappa shape index (κ2) is 9.02. The molecule has 1 saturated heterocycles. The molecule has 0 spiro atoms. The molecule has 9 heteroatoms. The van der Waals surface area contributed by atoms with Gasteiger partial charge in [0.05, 0.1) is 13.7 Å². The zero-order chi connectivity index (χ0) is 16.1. The van der Waals surface area contributed by atoms with Crippen molar-refractivity contribution in [3.63, 3.8) is 0 Å². The Morgan fingerprint density at radius 1 is 1.29 bits per heavy atom. The highest BCUT2D eigenvalue weighted by atomic mass is 127. The third kappa shape index (κ3) is 4.69. The van der Waals surface area contributed by atoms with Crippen LogP contribution in [0.3, 0.4) is 0 Å². The SMILES string of the molecule is COc1ccc(CN=C(N)N2CCN(c3nccs3)CC2)cn1.I. The van der Waals surface area contributed by atoms with Crippen LogP contribution in [0.4, 0.5) is 5.13 Å². The maximum absolute atomic E-state index is 6.12. The van der Waals surface area contributed by atoms with E-state index >= 15 is 0 Å². The van der Waals surface area contributed by atoms with E-state index in [1.165, 1.54) is 0 Å². The summed E-state index contributed by atoms with van der Waals surface area (Å²) in [6.07, 6.45) is 3.60.